The maximum absolute atomic E-state index is 10.5. The van der Waals surface area contributed by atoms with Crippen molar-refractivity contribution in [2.45, 2.75) is 0 Å². The van der Waals surface area contributed by atoms with E-state index in [2.05, 4.69) is 4.98 Å². The number of nitrogens with zero attached hydrogens (tertiary/aromatic N) is 1. The molecule has 1 rings (SSSR count). The van der Waals surface area contributed by atoms with Crippen molar-refractivity contribution >= 4 is 18.6 Å². The first kappa shape index (κ1) is 8.70. The highest BCUT2D eigenvalue weighted by atomic mass is 16.4. The number of nitrogens with two attached hydrogens (primary N) is 1. The van der Waals surface area contributed by atoms with Gasteiger partial charge in [0.1, 0.15) is 0 Å². The second-order valence-corrected chi connectivity index (χ2v) is 2.21. The van der Waals surface area contributed by atoms with Crippen LogP contribution in [0.1, 0.15) is 10.4 Å². The van der Waals surface area contributed by atoms with Gasteiger partial charge in [-0.2, -0.15) is 0 Å². The van der Waals surface area contributed by atoms with Crippen LogP contribution in [-0.2, 0) is 0 Å². The van der Waals surface area contributed by atoms with E-state index in [4.69, 9.17) is 15.8 Å². The van der Waals surface area contributed by atoms with Gasteiger partial charge in [0.2, 0.25) is 5.91 Å². The lowest BCUT2D eigenvalue weighted by atomic mass is 9.85. The van der Waals surface area contributed by atoms with E-state index in [-0.39, 0.29) is 11.2 Å². The zero-order valence-electron chi connectivity index (χ0n) is 6.14. The van der Waals surface area contributed by atoms with Gasteiger partial charge in [0, 0.05) is 6.20 Å². The fourth-order valence-corrected chi connectivity index (χ4v) is 0.704. The Balaban J connectivity index is 2.93. The molecule has 0 saturated carbocycles. The molecule has 6 heteroatoms. The summed E-state index contributed by atoms with van der Waals surface area (Å²) in [5, 5.41) is 17.3. The summed E-state index contributed by atoms with van der Waals surface area (Å²) >= 11 is 0. The molecule has 0 aromatic carbocycles. The molecule has 0 atom stereocenters. The highest BCUT2D eigenvalue weighted by molar-refractivity contribution is 6.57. The number of hydrogen-bond acceptors (Lipinski definition) is 4. The molecule has 0 radical (unpaired) electrons. The molecule has 1 heterocycles. The molecule has 0 saturated heterocycles. The van der Waals surface area contributed by atoms with Gasteiger partial charge < -0.3 is 15.8 Å². The largest absolute Gasteiger partial charge is 0.508 e. The van der Waals surface area contributed by atoms with E-state index in [0.717, 1.165) is 0 Å². The smallest absolute Gasteiger partial charge is 0.422 e. The Morgan fingerprint density at radius 2 is 2.17 bits per heavy atom. The summed E-state index contributed by atoms with van der Waals surface area (Å²) in [5.41, 5.74) is 5.25. The maximum atomic E-state index is 10.5. The topological polar surface area (TPSA) is 96.4 Å². The number of amides is 1. The van der Waals surface area contributed by atoms with E-state index in [1.165, 1.54) is 18.3 Å². The third-order valence-corrected chi connectivity index (χ3v) is 1.34. The Kier molecular flexibility index (Phi) is 2.42. The Morgan fingerprint density at radius 3 is 2.50 bits per heavy atom. The van der Waals surface area contributed by atoms with Crippen molar-refractivity contribution in [3.63, 3.8) is 0 Å². The van der Waals surface area contributed by atoms with Gasteiger partial charge in [-0.3, -0.25) is 9.78 Å². The standard InChI is InChI=1S/C6H7BN2O3/c8-6(10)4-1-2-5(7(11)12)9-3-4/h1-3,11-12H,(H2,8,10). The van der Waals surface area contributed by atoms with Crippen LogP contribution in [0.2, 0.25) is 0 Å². The molecule has 62 valence electrons. The third kappa shape index (κ3) is 1.80. The van der Waals surface area contributed by atoms with Gasteiger partial charge >= 0.3 is 7.12 Å². The van der Waals surface area contributed by atoms with Crippen LogP contribution >= 0.6 is 0 Å². The minimum absolute atomic E-state index is 0.0833. The van der Waals surface area contributed by atoms with Gasteiger partial charge in [-0.25, -0.2) is 0 Å². The molecule has 0 aliphatic rings. The molecule has 0 bridgehead atoms. The molecule has 0 fully saturated rings. The summed E-state index contributed by atoms with van der Waals surface area (Å²) < 4.78 is 0. The van der Waals surface area contributed by atoms with Crippen LogP contribution in [0.15, 0.2) is 18.3 Å². The van der Waals surface area contributed by atoms with Crippen molar-refractivity contribution in [3.8, 4) is 0 Å². The van der Waals surface area contributed by atoms with Gasteiger partial charge in [0.15, 0.2) is 0 Å². The number of primary amides is 1. The quantitative estimate of drug-likeness (QED) is 0.436. The van der Waals surface area contributed by atoms with E-state index < -0.39 is 13.0 Å². The monoisotopic (exact) mass is 166 g/mol. The van der Waals surface area contributed by atoms with E-state index in [0.29, 0.717) is 0 Å². The first-order valence-corrected chi connectivity index (χ1v) is 3.23. The molecule has 1 amide bonds. The first-order valence-electron chi connectivity index (χ1n) is 3.23. The molecule has 1 aromatic rings. The average molecular weight is 166 g/mol. The summed E-state index contributed by atoms with van der Waals surface area (Å²) in [6, 6.07) is 2.70. The van der Waals surface area contributed by atoms with Crippen molar-refractivity contribution in [1.29, 1.82) is 0 Å². The first-order chi connectivity index (χ1) is 5.61. The van der Waals surface area contributed by atoms with E-state index in [1.807, 2.05) is 0 Å². The van der Waals surface area contributed by atoms with Gasteiger partial charge in [0.05, 0.1) is 11.2 Å². The predicted octanol–water partition coefficient (Wildman–Crippen LogP) is -2.14. The normalized spacial score (nSPS) is 9.50. The SMILES string of the molecule is NC(=O)c1ccc(B(O)O)nc1. The number of carbonyl (C=O) groups excluding carboxylic acids is 1. The summed E-state index contributed by atoms with van der Waals surface area (Å²) in [6.07, 6.45) is 1.19. The second kappa shape index (κ2) is 3.33. The second-order valence-electron chi connectivity index (χ2n) is 2.21. The third-order valence-electron chi connectivity index (χ3n) is 1.34. The highest BCUT2D eigenvalue weighted by Crippen LogP contribution is 1.91. The lowest BCUT2D eigenvalue weighted by molar-refractivity contribution is 0.1000. The van der Waals surface area contributed by atoms with Gasteiger partial charge in [0.25, 0.3) is 0 Å². The zero-order chi connectivity index (χ0) is 9.14. The fraction of sp³-hybridized carbons (Fsp3) is 0. The summed E-state index contributed by atoms with van der Waals surface area (Å²) in [6.45, 7) is 0. The van der Waals surface area contributed by atoms with Crippen molar-refractivity contribution in [2.24, 2.45) is 5.73 Å². The van der Waals surface area contributed by atoms with Crippen molar-refractivity contribution < 1.29 is 14.8 Å². The zero-order valence-corrected chi connectivity index (χ0v) is 6.14. The minimum Gasteiger partial charge on any atom is -0.422 e. The molecule has 0 aliphatic heterocycles. The van der Waals surface area contributed by atoms with Crippen LogP contribution < -0.4 is 11.3 Å². The lowest BCUT2D eigenvalue weighted by Gasteiger charge is -1.98. The highest BCUT2D eigenvalue weighted by Gasteiger charge is 2.12. The summed E-state index contributed by atoms with van der Waals surface area (Å²) in [7, 11) is -1.62. The Labute approximate surface area is 69.0 Å². The summed E-state index contributed by atoms with van der Waals surface area (Å²) in [4.78, 5) is 14.1. The van der Waals surface area contributed by atoms with E-state index >= 15 is 0 Å². The molecule has 4 N–H and O–H groups in total. The van der Waals surface area contributed by atoms with Crippen LogP contribution in [0, 0.1) is 0 Å². The number of rotatable bonds is 2. The van der Waals surface area contributed by atoms with E-state index in [9.17, 15) is 4.79 Å². The van der Waals surface area contributed by atoms with Gasteiger partial charge in [-0.15, -0.1) is 0 Å². The van der Waals surface area contributed by atoms with Crippen molar-refractivity contribution in [2.75, 3.05) is 0 Å². The number of aromatic nitrogens is 1. The molecule has 0 spiro atoms. The van der Waals surface area contributed by atoms with Crippen molar-refractivity contribution in [3.05, 3.63) is 23.9 Å². The molecular weight excluding hydrogens is 159 g/mol. The lowest BCUT2D eigenvalue weighted by Crippen LogP contribution is -2.32. The molecular formula is C6H7BN2O3. The molecule has 0 unspecified atom stereocenters. The molecule has 1 aromatic heterocycles. The number of pyridine rings is 1. The maximum Gasteiger partial charge on any atom is 0.508 e. The van der Waals surface area contributed by atoms with Crippen LogP contribution in [0.25, 0.3) is 0 Å². The molecule has 0 aliphatic carbocycles. The Morgan fingerprint density at radius 1 is 1.50 bits per heavy atom. The molecule has 12 heavy (non-hydrogen) atoms. The van der Waals surface area contributed by atoms with Crippen LogP contribution in [0.3, 0.4) is 0 Å². The van der Waals surface area contributed by atoms with E-state index in [1.54, 1.807) is 0 Å². The van der Waals surface area contributed by atoms with Crippen molar-refractivity contribution in [1.82, 2.24) is 4.98 Å². The average Bonchev–Trinajstić information content (AvgIpc) is 2.04. The predicted molar refractivity (Wildman–Crippen MR) is 42.6 cm³/mol. The van der Waals surface area contributed by atoms with Crippen LogP contribution in [0.4, 0.5) is 0 Å². The van der Waals surface area contributed by atoms with Gasteiger partial charge in [-0.05, 0) is 12.1 Å². The minimum atomic E-state index is -1.62. The van der Waals surface area contributed by atoms with Crippen LogP contribution in [-0.4, -0.2) is 28.1 Å². The number of carbonyl (C=O) groups is 1. The van der Waals surface area contributed by atoms with Gasteiger partial charge in [-0.1, -0.05) is 0 Å². The summed E-state index contributed by atoms with van der Waals surface area (Å²) in [5.74, 6) is -0.596. The number of hydrogen-bond donors (Lipinski definition) is 3. The molecule has 5 nitrogen and oxygen atoms in total. The Bertz CT molecular complexity index is 285. The Hall–Kier alpha value is -1.40. The fourth-order valence-electron chi connectivity index (χ4n) is 0.704. The van der Waals surface area contributed by atoms with Crippen LogP contribution in [0.5, 0.6) is 0 Å².